The lowest BCUT2D eigenvalue weighted by molar-refractivity contribution is 0.0936. The maximum Gasteiger partial charge on any atom is 0.255 e. The summed E-state index contributed by atoms with van der Waals surface area (Å²) in [6.45, 7) is 6.90. The predicted octanol–water partition coefficient (Wildman–Crippen LogP) is 3.98. The lowest BCUT2D eigenvalue weighted by Crippen LogP contribution is -2.27. The highest BCUT2D eigenvalue weighted by Crippen LogP contribution is 2.31. The number of para-hydroxylation sites is 1. The van der Waals surface area contributed by atoms with Crippen LogP contribution in [0.2, 0.25) is 0 Å². The summed E-state index contributed by atoms with van der Waals surface area (Å²) in [5, 5.41) is 2.99. The molecule has 1 atom stereocenters. The van der Waals surface area contributed by atoms with Crippen molar-refractivity contribution in [2.24, 2.45) is 0 Å². The molecule has 0 fully saturated rings. The highest BCUT2D eigenvalue weighted by Gasteiger charge is 2.16. The molecule has 134 valence electrons. The van der Waals surface area contributed by atoms with Gasteiger partial charge in [0.05, 0.1) is 31.9 Å². The molecule has 0 aliphatic rings. The first-order valence-electron chi connectivity index (χ1n) is 8.44. The van der Waals surface area contributed by atoms with Gasteiger partial charge in [0, 0.05) is 0 Å². The van der Waals surface area contributed by atoms with E-state index in [9.17, 15) is 4.79 Å². The van der Waals surface area contributed by atoms with Gasteiger partial charge in [-0.05, 0) is 50.6 Å². The molecule has 25 heavy (non-hydrogen) atoms. The van der Waals surface area contributed by atoms with Crippen LogP contribution in [0.1, 0.15) is 42.7 Å². The van der Waals surface area contributed by atoms with Gasteiger partial charge in [-0.2, -0.15) is 0 Å². The van der Waals surface area contributed by atoms with Gasteiger partial charge in [0.2, 0.25) is 0 Å². The molecule has 0 aromatic heterocycles. The largest absolute Gasteiger partial charge is 0.496 e. The third-order valence-electron chi connectivity index (χ3n) is 3.77. The Kier molecular flexibility index (Phi) is 6.69. The summed E-state index contributed by atoms with van der Waals surface area (Å²) >= 11 is 0. The van der Waals surface area contributed by atoms with Crippen LogP contribution >= 0.6 is 0 Å². The fourth-order valence-electron chi connectivity index (χ4n) is 2.53. The second-order valence-corrected chi connectivity index (χ2v) is 5.47. The Labute approximate surface area is 148 Å². The highest BCUT2D eigenvalue weighted by molar-refractivity contribution is 5.97. The Bertz CT molecular complexity index is 715. The van der Waals surface area contributed by atoms with Gasteiger partial charge in [0.15, 0.2) is 11.5 Å². The first-order chi connectivity index (χ1) is 12.1. The maximum atomic E-state index is 12.5. The molecule has 2 rings (SSSR count). The van der Waals surface area contributed by atoms with Crippen molar-refractivity contribution in [2.75, 3.05) is 20.3 Å². The number of ether oxygens (including phenoxy) is 3. The molecular formula is C20H25NO4. The van der Waals surface area contributed by atoms with Crippen LogP contribution < -0.4 is 19.5 Å². The van der Waals surface area contributed by atoms with Crippen LogP contribution in [0.5, 0.6) is 17.2 Å². The standard InChI is InChI=1S/C20H25NO4/c1-5-24-18-12-11-15(13-19(18)25-6-2)14(3)21-20(22)16-9-7-8-10-17(16)23-4/h7-14H,5-6H2,1-4H3,(H,21,22). The average Bonchev–Trinajstić information content (AvgIpc) is 2.63. The van der Waals surface area contributed by atoms with E-state index in [4.69, 9.17) is 14.2 Å². The Hall–Kier alpha value is -2.69. The fourth-order valence-corrected chi connectivity index (χ4v) is 2.53. The predicted molar refractivity (Wildman–Crippen MR) is 97.7 cm³/mol. The molecule has 0 aliphatic carbocycles. The number of methoxy groups -OCH3 is 1. The number of carbonyl (C=O) groups excluding carboxylic acids is 1. The van der Waals surface area contributed by atoms with Crippen molar-refractivity contribution < 1.29 is 19.0 Å². The van der Waals surface area contributed by atoms with Gasteiger partial charge >= 0.3 is 0 Å². The van der Waals surface area contributed by atoms with Crippen LogP contribution in [-0.4, -0.2) is 26.2 Å². The molecular weight excluding hydrogens is 318 g/mol. The van der Waals surface area contributed by atoms with Crippen molar-refractivity contribution in [1.82, 2.24) is 5.32 Å². The second-order valence-electron chi connectivity index (χ2n) is 5.47. The van der Waals surface area contributed by atoms with E-state index >= 15 is 0 Å². The molecule has 1 amide bonds. The first kappa shape index (κ1) is 18.6. The lowest BCUT2D eigenvalue weighted by atomic mass is 10.1. The van der Waals surface area contributed by atoms with E-state index < -0.39 is 0 Å². The van der Waals surface area contributed by atoms with Gasteiger partial charge in [-0.15, -0.1) is 0 Å². The van der Waals surface area contributed by atoms with E-state index in [1.807, 2.05) is 51.1 Å². The van der Waals surface area contributed by atoms with Crippen LogP contribution in [0, 0.1) is 0 Å². The van der Waals surface area contributed by atoms with Gasteiger partial charge in [-0.25, -0.2) is 0 Å². The number of nitrogens with one attached hydrogen (secondary N) is 1. The van der Waals surface area contributed by atoms with Crippen LogP contribution in [0.3, 0.4) is 0 Å². The molecule has 0 radical (unpaired) electrons. The van der Waals surface area contributed by atoms with Crippen molar-refractivity contribution in [1.29, 1.82) is 0 Å². The summed E-state index contributed by atoms with van der Waals surface area (Å²) < 4.78 is 16.5. The average molecular weight is 343 g/mol. The summed E-state index contributed by atoms with van der Waals surface area (Å²) in [6, 6.07) is 12.7. The zero-order valence-corrected chi connectivity index (χ0v) is 15.2. The lowest BCUT2D eigenvalue weighted by Gasteiger charge is -2.18. The minimum Gasteiger partial charge on any atom is -0.496 e. The van der Waals surface area contributed by atoms with Gasteiger partial charge in [-0.1, -0.05) is 18.2 Å². The monoisotopic (exact) mass is 343 g/mol. The summed E-state index contributed by atoms with van der Waals surface area (Å²) in [7, 11) is 1.55. The van der Waals surface area contributed by atoms with Gasteiger partial charge in [0.1, 0.15) is 5.75 Å². The molecule has 0 heterocycles. The Morgan fingerprint density at radius 3 is 2.36 bits per heavy atom. The van der Waals surface area contributed by atoms with Crippen molar-refractivity contribution in [3.63, 3.8) is 0 Å². The number of benzene rings is 2. The molecule has 0 spiro atoms. The number of amides is 1. The molecule has 1 N–H and O–H groups in total. The van der Waals surface area contributed by atoms with E-state index in [-0.39, 0.29) is 11.9 Å². The molecule has 5 heteroatoms. The van der Waals surface area contributed by atoms with Crippen LogP contribution in [0.15, 0.2) is 42.5 Å². The van der Waals surface area contributed by atoms with Gasteiger partial charge in [-0.3, -0.25) is 4.79 Å². The molecule has 2 aromatic carbocycles. The SMILES string of the molecule is CCOc1ccc(C(C)NC(=O)c2ccccc2OC)cc1OCC. The van der Waals surface area contributed by atoms with Crippen LogP contribution in [-0.2, 0) is 0 Å². The summed E-state index contributed by atoms with van der Waals surface area (Å²) in [6.07, 6.45) is 0. The number of carbonyl (C=O) groups is 1. The summed E-state index contributed by atoms with van der Waals surface area (Å²) in [5.41, 5.74) is 1.45. The van der Waals surface area contributed by atoms with E-state index in [0.717, 1.165) is 5.56 Å². The van der Waals surface area contributed by atoms with Crippen LogP contribution in [0.4, 0.5) is 0 Å². The quantitative estimate of drug-likeness (QED) is 0.787. The number of hydrogen-bond donors (Lipinski definition) is 1. The molecule has 0 saturated carbocycles. The van der Waals surface area contributed by atoms with E-state index in [1.54, 1.807) is 19.2 Å². The van der Waals surface area contributed by atoms with Crippen molar-refractivity contribution in [3.05, 3.63) is 53.6 Å². The van der Waals surface area contributed by atoms with Crippen LogP contribution in [0.25, 0.3) is 0 Å². The first-order valence-corrected chi connectivity index (χ1v) is 8.44. The third-order valence-corrected chi connectivity index (χ3v) is 3.77. The Balaban J connectivity index is 2.18. The minimum atomic E-state index is -0.188. The molecule has 0 bridgehead atoms. The second kappa shape index (κ2) is 8.97. The Morgan fingerprint density at radius 1 is 1.00 bits per heavy atom. The van der Waals surface area contributed by atoms with Gasteiger partial charge < -0.3 is 19.5 Å². The molecule has 1 unspecified atom stereocenters. The fraction of sp³-hybridized carbons (Fsp3) is 0.350. The van der Waals surface area contributed by atoms with E-state index in [0.29, 0.717) is 36.0 Å². The zero-order valence-electron chi connectivity index (χ0n) is 15.2. The van der Waals surface area contributed by atoms with Crippen molar-refractivity contribution in [2.45, 2.75) is 26.8 Å². The number of rotatable bonds is 8. The molecule has 5 nitrogen and oxygen atoms in total. The van der Waals surface area contributed by atoms with E-state index in [1.165, 1.54) is 0 Å². The molecule has 0 saturated heterocycles. The summed E-state index contributed by atoms with van der Waals surface area (Å²) in [5.74, 6) is 1.75. The maximum absolute atomic E-state index is 12.5. The molecule has 0 aliphatic heterocycles. The molecule has 2 aromatic rings. The minimum absolute atomic E-state index is 0.184. The zero-order chi connectivity index (χ0) is 18.2. The smallest absolute Gasteiger partial charge is 0.255 e. The van der Waals surface area contributed by atoms with Crippen molar-refractivity contribution >= 4 is 5.91 Å². The third kappa shape index (κ3) is 4.66. The topological polar surface area (TPSA) is 56.8 Å². The van der Waals surface area contributed by atoms with E-state index in [2.05, 4.69) is 5.32 Å². The summed E-state index contributed by atoms with van der Waals surface area (Å²) in [4.78, 5) is 12.5. The highest BCUT2D eigenvalue weighted by atomic mass is 16.5. The Morgan fingerprint density at radius 2 is 1.68 bits per heavy atom. The number of hydrogen-bond acceptors (Lipinski definition) is 4. The van der Waals surface area contributed by atoms with Gasteiger partial charge in [0.25, 0.3) is 5.91 Å². The normalized spacial score (nSPS) is 11.5. The van der Waals surface area contributed by atoms with Crippen molar-refractivity contribution in [3.8, 4) is 17.2 Å².